The van der Waals surface area contributed by atoms with E-state index >= 15 is 0 Å². The Kier molecular flexibility index (Phi) is 4.34. The molecule has 1 heterocycles. The van der Waals surface area contributed by atoms with E-state index in [9.17, 15) is 4.79 Å². The number of carbonyl (C=O) groups excluding carboxylic acids is 1. The van der Waals surface area contributed by atoms with Gasteiger partial charge in [0.05, 0.1) is 7.11 Å². The summed E-state index contributed by atoms with van der Waals surface area (Å²) in [5.41, 5.74) is 0. The Hall–Kier alpha value is -1.01. The van der Waals surface area contributed by atoms with E-state index in [4.69, 9.17) is 0 Å². The Morgan fingerprint density at radius 2 is 2.15 bits per heavy atom. The monoisotopic (exact) mass is 181 g/mol. The zero-order valence-electron chi connectivity index (χ0n) is 8.01. The van der Waals surface area contributed by atoms with Crippen molar-refractivity contribution in [3.63, 3.8) is 0 Å². The summed E-state index contributed by atoms with van der Waals surface area (Å²) in [6, 6.07) is 0. The molecule has 13 heavy (non-hydrogen) atoms. The molecule has 0 spiro atoms. The summed E-state index contributed by atoms with van der Waals surface area (Å²) in [7, 11) is 1.34. The lowest BCUT2D eigenvalue weighted by molar-refractivity contribution is -0.133. The number of esters is 1. The summed E-state index contributed by atoms with van der Waals surface area (Å²) < 4.78 is 4.40. The number of methoxy groups -OCH3 is 1. The van der Waals surface area contributed by atoms with Gasteiger partial charge in [0, 0.05) is 18.9 Å². The lowest BCUT2D eigenvalue weighted by Crippen LogP contribution is -2.19. The molecule has 0 unspecified atom stereocenters. The molecule has 0 aromatic carbocycles. The maximum atomic E-state index is 10.6. The molecule has 0 radical (unpaired) electrons. The van der Waals surface area contributed by atoms with Crippen molar-refractivity contribution in [3.8, 4) is 11.8 Å². The van der Waals surface area contributed by atoms with Crippen LogP contribution in [0.3, 0.4) is 0 Å². The van der Waals surface area contributed by atoms with Crippen LogP contribution in [0, 0.1) is 11.8 Å². The largest absolute Gasteiger partial charge is 0.459 e. The zero-order chi connectivity index (χ0) is 9.52. The van der Waals surface area contributed by atoms with E-state index < -0.39 is 5.97 Å². The summed E-state index contributed by atoms with van der Waals surface area (Å²) >= 11 is 0. The molecular weight excluding hydrogens is 166 g/mol. The molecule has 1 aliphatic heterocycles. The normalized spacial score (nSPS) is 16.4. The second kappa shape index (κ2) is 5.60. The fourth-order valence-corrected chi connectivity index (χ4v) is 1.41. The van der Waals surface area contributed by atoms with Gasteiger partial charge in [-0.15, -0.1) is 0 Å². The van der Waals surface area contributed by atoms with E-state index in [-0.39, 0.29) is 0 Å². The maximum Gasteiger partial charge on any atom is 0.384 e. The fraction of sp³-hybridized carbons (Fsp3) is 0.700. The van der Waals surface area contributed by atoms with Crippen LogP contribution in [0.25, 0.3) is 0 Å². The van der Waals surface area contributed by atoms with Crippen LogP contribution in [-0.4, -0.2) is 37.6 Å². The molecule has 0 atom stereocenters. The smallest absolute Gasteiger partial charge is 0.384 e. The van der Waals surface area contributed by atoms with Crippen molar-refractivity contribution in [3.05, 3.63) is 0 Å². The van der Waals surface area contributed by atoms with Gasteiger partial charge in [0.25, 0.3) is 0 Å². The third-order valence-corrected chi connectivity index (χ3v) is 2.13. The molecule has 1 aliphatic rings. The zero-order valence-corrected chi connectivity index (χ0v) is 8.01. The van der Waals surface area contributed by atoms with Crippen molar-refractivity contribution in [2.45, 2.75) is 19.3 Å². The predicted octanol–water partition coefficient (Wildman–Crippen LogP) is 0.649. The second-order valence-electron chi connectivity index (χ2n) is 3.09. The van der Waals surface area contributed by atoms with E-state index in [1.165, 1.54) is 33.0 Å². The molecule has 1 rings (SSSR count). The molecule has 0 N–H and O–H groups in total. The Morgan fingerprint density at radius 3 is 2.77 bits per heavy atom. The summed E-state index contributed by atoms with van der Waals surface area (Å²) in [5, 5.41) is 0. The Labute approximate surface area is 79.1 Å². The summed E-state index contributed by atoms with van der Waals surface area (Å²) in [6.45, 7) is 3.34. The molecule has 0 saturated carbocycles. The molecule has 72 valence electrons. The average molecular weight is 181 g/mol. The number of carbonyl (C=O) groups is 1. The summed E-state index contributed by atoms with van der Waals surface area (Å²) in [5.74, 6) is 4.77. The molecule has 3 nitrogen and oxygen atoms in total. The molecule has 0 amide bonds. The summed E-state index contributed by atoms with van der Waals surface area (Å²) in [4.78, 5) is 13.0. The van der Waals surface area contributed by atoms with Crippen molar-refractivity contribution >= 4 is 5.97 Å². The Bertz CT molecular complexity index is 221. The van der Waals surface area contributed by atoms with Crippen LogP contribution in [0.1, 0.15) is 19.3 Å². The lowest BCUT2D eigenvalue weighted by atomic mass is 10.4. The SMILES string of the molecule is COC(=O)C#CCCN1CCCC1. The fourth-order valence-electron chi connectivity index (χ4n) is 1.41. The van der Waals surface area contributed by atoms with E-state index in [2.05, 4.69) is 21.5 Å². The summed E-state index contributed by atoms with van der Waals surface area (Å²) in [6.07, 6.45) is 3.35. The van der Waals surface area contributed by atoms with Crippen molar-refractivity contribution in [1.29, 1.82) is 0 Å². The van der Waals surface area contributed by atoms with Gasteiger partial charge in [-0.2, -0.15) is 0 Å². The topological polar surface area (TPSA) is 29.5 Å². The predicted molar refractivity (Wildman–Crippen MR) is 50.1 cm³/mol. The minimum Gasteiger partial charge on any atom is -0.459 e. The lowest BCUT2D eigenvalue weighted by Gasteiger charge is -2.10. The minimum absolute atomic E-state index is 0.443. The van der Waals surface area contributed by atoms with Gasteiger partial charge in [-0.05, 0) is 25.9 Å². The van der Waals surface area contributed by atoms with Gasteiger partial charge in [0.15, 0.2) is 0 Å². The van der Waals surface area contributed by atoms with Crippen molar-refractivity contribution in [1.82, 2.24) is 4.90 Å². The average Bonchev–Trinajstić information content (AvgIpc) is 2.64. The van der Waals surface area contributed by atoms with Crippen LogP contribution in [0.5, 0.6) is 0 Å². The first-order valence-electron chi connectivity index (χ1n) is 4.62. The van der Waals surface area contributed by atoms with Gasteiger partial charge in [-0.1, -0.05) is 5.92 Å². The number of hydrogen-bond donors (Lipinski definition) is 0. The number of nitrogens with zero attached hydrogens (tertiary/aromatic N) is 1. The molecule has 0 bridgehead atoms. The molecule has 1 saturated heterocycles. The van der Waals surface area contributed by atoms with E-state index in [1.807, 2.05) is 0 Å². The molecule has 1 fully saturated rings. The van der Waals surface area contributed by atoms with E-state index in [1.54, 1.807) is 0 Å². The van der Waals surface area contributed by atoms with Crippen LogP contribution < -0.4 is 0 Å². The van der Waals surface area contributed by atoms with Crippen LogP contribution in [0.2, 0.25) is 0 Å². The standard InChI is InChI=1S/C10H15NO2/c1-13-10(12)6-2-3-7-11-8-4-5-9-11/h3-5,7-9H2,1H3. The van der Waals surface area contributed by atoms with Crippen molar-refractivity contribution in [2.24, 2.45) is 0 Å². The number of likely N-dealkylation sites (tertiary alicyclic amines) is 1. The molecule has 3 heteroatoms. The quantitative estimate of drug-likeness (QED) is 0.356. The number of rotatable bonds is 2. The Morgan fingerprint density at radius 1 is 1.46 bits per heavy atom. The van der Waals surface area contributed by atoms with Gasteiger partial charge < -0.3 is 9.64 Å². The van der Waals surface area contributed by atoms with Crippen LogP contribution in [-0.2, 0) is 9.53 Å². The minimum atomic E-state index is -0.443. The number of hydrogen-bond acceptors (Lipinski definition) is 3. The molecule has 0 aromatic heterocycles. The second-order valence-corrected chi connectivity index (χ2v) is 3.09. The Balaban J connectivity index is 2.10. The van der Waals surface area contributed by atoms with Crippen LogP contribution >= 0.6 is 0 Å². The third-order valence-electron chi connectivity index (χ3n) is 2.13. The van der Waals surface area contributed by atoms with Gasteiger partial charge >= 0.3 is 5.97 Å². The van der Waals surface area contributed by atoms with Gasteiger partial charge in [0.2, 0.25) is 0 Å². The highest BCUT2D eigenvalue weighted by atomic mass is 16.5. The van der Waals surface area contributed by atoms with E-state index in [0.29, 0.717) is 0 Å². The number of ether oxygens (including phenoxy) is 1. The molecular formula is C10H15NO2. The highest BCUT2D eigenvalue weighted by Gasteiger charge is 2.09. The van der Waals surface area contributed by atoms with Gasteiger partial charge in [-0.25, -0.2) is 4.79 Å². The maximum absolute atomic E-state index is 10.6. The van der Waals surface area contributed by atoms with Crippen molar-refractivity contribution in [2.75, 3.05) is 26.7 Å². The van der Waals surface area contributed by atoms with Gasteiger partial charge in [0.1, 0.15) is 0 Å². The first kappa shape index (κ1) is 10.1. The first-order chi connectivity index (χ1) is 6.33. The highest BCUT2D eigenvalue weighted by molar-refractivity contribution is 5.88. The van der Waals surface area contributed by atoms with E-state index in [0.717, 1.165) is 13.0 Å². The molecule has 0 aliphatic carbocycles. The molecule has 0 aromatic rings. The van der Waals surface area contributed by atoms with Gasteiger partial charge in [-0.3, -0.25) is 0 Å². The third kappa shape index (κ3) is 3.95. The first-order valence-corrected chi connectivity index (χ1v) is 4.62. The van der Waals surface area contributed by atoms with Crippen LogP contribution in [0.4, 0.5) is 0 Å². The van der Waals surface area contributed by atoms with Crippen molar-refractivity contribution < 1.29 is 9.53 Å². The van der Waals surface area contributed by atoms with Crippen LogP contribution in [0.15, 0.2) is 0 Å². The highest BCUT2D eigenvalue weighted by Crippen LogP contribution is 2.06.